The third kappa shape index (κ3) is 2.34. The van der Waals surface area contributed by atoms with Gasteiger partial charge in [0, 0.05) is 26.3 Å². The van der Waals surface area contributed by atoms with Crippen LogP contribution in [0.2, 0.25) is 0 Å². The average Bonchev–Trinajstić information content (AvgIpc) is 2.84. The number of rotatable bonds is 2. The van der Waals surface area contributed by atoms with Crippen molar-refractivity contribution in [2.75, 3.05) is 13.1 Å². The number of benzene rings is 1. The van der Waals surface area contributed by atoms with Crippen LogP contribution in [0.3, 0.4) is 0 Å². The predicted octanol–water partition coefficient (Wildman–Crippen LogP) is 1.43. The number of aryl methyl sites for hydroxylation is 2. The molecule has 0 fully saturated rings. The Morgan fingerprint density at radius 1 is 1.43 bits per heavy atom. The lowest BCUT2D eigenvalue weighted by molar-refractivity contribution is 0.0667. The molecule has 0 spiro atoms. The topological polar surface area (TPSA) is 64.2 Å². The Labute approximate surface area is 124 Å². The molecule has 110 valence electrons. The van der Waals surface area contributed by atoms with E-state index in [4.69, 9.17) is 5.73 Å². The lowest BCUT2D eigenvalue weighted by atomic mass is 9.92. The first-order valence-electron chi connectivity index (χ1n) is 7.21. The molecular formula is C16H20N4O. The van der Waals surface area contributed by atoms with Gasteiger partial charge in [0.15, 0.2) is 0 Å². The Morgan fingerprint density at radius 2 is 2.19 bits per heavy atom. The van der Waals surface area contributed by atoms with Crippen molar-refractivity contribution in [1.82, 2.24) is 14.7 Å². The molecule has 1 aliphatic heterocycles. The van der Waals surface area contributed by atoms with Crippen LogP contribution in [0.1, 0.15) is 33.2 Å². The van der Waals surface area contributed by atoms with E-state index in [2.05, 4.69) is 17.2 Å². The van der Waals surface area contributed by atoms with Gasteiger partial charge in [-0.25, -0.2) is 0 Å². The lowest BCUT2D eigenvalue weighted by Crippen LogP contribution is -2.43. The molecule has 0 saturated heterocycles. The Morgan fingerprint density at radius 3 is 2.86 bits per heavy atom. The van der Waals surface area contributed by atoms with Gasteiger partial charge in [0.25, 0.3) is 5.91 Å². The SMILES string of the molecule is Cc1nn(C)cc1C(=O)N1CCc2ccccc2C1CN. The molecule has 21 heavy (non-hydrogen) atoms. The molecule has 2 N–H and O–H groups in total. The summed E-state index contributed by atoms with van der Waals surface area (Å²) in [5.41, 5.74) is 9.84. The zero-order valence-electron chi connectivity index (χ0n) is 12.4. The summed E-state index contributed by atoms with van der Waals surface area (Å²) in [6, 6.07) is 8.18. The van der Waals surface area contributed by atoms with Crippen LogP contribution < -0.4 is 5.73 Å². The molecule has 1 unspecified atom stereocenters. The number of nitrogens with zero attached hydrogens (tertiary/aromatic N) is 3. The maximum Gasteiger partial charge on any atom is 0.257 e. The van der Waals surface area contributed by atoms with E-state index in [0.29, 0.717) is 18.7 Å². The zero-order valence-corrected chi connectivity index (χ0v) is 12.4. The van der Waals surface area contributed by atoms with Crippen LogP contribution >= 0.6 is 0 Å². The molecule has 1 aromatic carbocycles. The highest BCUT2D eigenvalue weighted by molar-refractivity contribution is 5.95. The summed E-state index contributed by atoms with van der Waals surface area (Å²) in [7, 11) is 1.83. The molecule has 0 radical (unpaired) electrons. The summed E-state index contributed by atoms with van der Waals surface area (Å²) < 4.78 is 1.68. The number of carbonyl (C=O) groups is 1. The van der Waals surface area contributed by atoms with Gasteiger partial charge < -0.3 is 10.6 Å². The molecular weight excluding hydrogens is 264 g/mol. The number of hydrogen-bond acceptors (Lipinski definition) is 3. The molecule has 1 atom stereocenters. The number of amides is 1. The fraction of sp³-hybridized carbons (Fsp3) is 0.375. The van der Waals surface area contributed by atoms with Crippen molar-refractivity contribution in [2.24, 2.45) is 12.8 Å². The van der Waals surface area contributed by atoms with Gasteiger partial charge in [-0.2, -0.15) is 5.10 Å². The predicted molar refractivity (Wildman–Crippen MR) is 80.9 cm³/mol. The quantitative estimate of drug-likeness (QED) is 0.907. The van der Waals surface area contributed by atoms with Crippen LogP contribution in [0.25, 0.3) is 0 Å². The fourth-order valence-electron chi connectivity index (χ4n) is 3.11. The van der Waals surface area contributed by atoms with E-state index in [1.807, 2.05) is 31.0 Å². The largest absolute Gasteiger partial charge is 0.330 e. The van der Waals surface area contributed by atoms with Crippen molar-refractivity contribution in [3.63, 3.8) is 0 Å². The van der Waals surface area contributed by atoms with Crippen LogP contribution in [-0.2, 0) is 13.5 Å². The molecule has 0 bridgehead atoms. The molecule has 1 aromatic heterocycles. The number of nitrogens with two attached hydrogens (primary N) is 1. The highest BCUT2D eigenvalue weighted by Gasteiger charge is 2.31. The molecule has 1 aliphatic rings. The standard InChI is InChI=1S/C16H20N4O/c1-11-14(10-19(2)18-11)16(21)20-8-7-12-5-3-4-6-13(12)15(20)9-17/h3-6,10,15H,7-9,17H2,1-2H3. The van der Waals surface area contributed by atoms with Crippen molar-refractivity contribution in [1.29, 1.82) is 0 Å². The van der Waals surface area contributed by atoms with Gasteiger partial charge in [0.2, 0.25) is 0 Å². The summed E-state index contributed by atoms with van der Waals surface area (Å²) in [5, 5.41) is 4.26. The van der Waals surface area contributed by atoms with Gasteiger partial charge >= 0.3 is 0 Å². The van der Waals surface area contributed by atoms with E-state index in [9.17, 15) is 4.79 Å². The highest BCUT2D eigenvalue weighted by Crippen LogP contribution is 2.30. The van der Waals surface area contributed by atoms with Gasteiger partial charge in [-0.05, 0) is 24.5 Å². The smallest absolute Gasteiger partial charge is 0.257 e. The second kappa shape index (κ2) is 5.33. The molecule has 0 saturated carbocycles. The average molecular weight is 284 g/mol. The van der Waals surface area contributed by atoms with Gasteiger partial charge in [-0.3, -0.25) is 9.48 Å². The fourth-order valence-corrected chi connectivity index (χ4v) is 3.11. The minimum atomic E-state index is -0.0537. The van der Waals surface area contributed by atoms with Crippen molar-refractivity contribution >= 4 is 5.91 Å². The summed E-state index contributed by atoms with van der Waals surface area (Å²) in [5.74, 6) is 0.0190. The lowest BCUT2D eigenvalue weighted by Gasteiger charge is -2.36. The van der Waals surface area contributed by atoms with Crippen molar-refractivity contribution in [2.45, 2.75) is 19.4 Å². The Hall–Kier alpha value is -2.14. The van der Waals surface area contributed by atoms with Crippen LogP contribution in [0, 0.1) is 6.92 Å². The normalized spacial score (nSPS) is 17.7. The van der Waals surface area contributed by atoms with Crippen molar-refractivity contribution in [3.8, 4) is 0 Å². The van der Waals surface area contributed by atoms with E-state index in [1.165, 1.54) is 11.1 Å². The van der Waals surface area contributed by atoms with Crippen LogP contribution in [0.5, 0.6) is 0 Å². The van der Waals surface area contributed by atoms with Crippen molar-refractivity contribution < 1.29 is 4.79 Å². The van der Waals surface area contributed by atoms with Crippen LogP contribution in [0.4, 0.5) is 0 Å². The minimum absolute atomic E-state index is 0.0190. The molecule has 1 amide bonds. The first kappa shape index (κ1) is 13.8. The second-order valence-corrected chi connectivity index (χ2v) is 5.50. The van der Waals surface area contributed by atoms with E-state index in [-0.39, 0.29) is 11.9 Å². The first-order valence-corrected chi connectivity index (χ1v) is 7.21. The van der Waals surface area contributed by atoms with E-state index >= 15 is 0 Å². The molecule has 5 nitrogen and oxygen atoms in total. The second-order valence-electron chi connectivity index (χ2n) is 5.50. The number of aromatic nitrogens is 2. The highest BCUT2D eigenvalue weighted by atomic mass is 16.2. The zero-order chi connectivity index (χ0) is 15.0. The third-order valence-electron chi connectivity index (χ3n) is 4.14. The Bertz CT molecular complexity index is 677. The van der Waals surface area contributed by atoms with E-state index in [1.54, 1.807) is 10.9 Å². The Kier molecular flexibility index (Phi) is 3.51. The first-order chi connectivity index (χ1) is 10.1. The summed E-state index contributed by atoms with van der Waals surface area (Å²) in [4.78, 5) is 14.7. The number of fused-ring (bicyclic) bond motifs is 1. The summed E-state index contributed by atoms with van der Waals surface area (Å²) >= 11 is 0. The third-order valence-corrected chi connectivity index (χ3v) is 4.14. The van der Waals surface area contributed by atoms with Gasteiger partial charge in [0.05, 0.1) is 17.3 Å². The molecule has 0 aliphatic carbocycles. The number of hydrogen-bond donors (Lipinski definition) is 1. The minimum Gasteiger partial charge on any atom is -0.330 e. The van der Waals surface area contributed by atoms with Crippen LogP contribution in [-0.4, -0.2) is 33.7 Å². The Balaban J connectivity index is 1.96. The van der Waals surface area contributed by atoms with Gasteiger partial charge in [-0.1, -0.05) is 24.3 Å². The van der Waals surface area contributed by atoms with Crippen LogP contribution in [0.15, 0.2) is 30.5 Å². The number of carbonyl (C=O) groups excluding carboxylic acids is 1. The maximum atomic E-state index is 12.8. The van der Waals surface area contributed by atoms with Gasteiger partial charge in [0.1, 0.15) is 0 Å². The van der Waals surface area contributed by atoms with E-state index in [0.717, 1.165) is 12.1 Å². The van der Waals surface area contributed by atoms with E-state index < -0.39 is 0 Å². The van der Waals surface area contributed by atoms with Gasteiger partial charge in [-0.15, -0.1) is 0 Å². The molecule has 5 heteroatoms. The molecule has 2 aromatic rings. The summed E-state index contributed by atoms with van der Waals surface area (Å²) in [6.07, 6.45) is 2.66. The summed E-state index contributed by atoms with van der Waals surface area (Å²) in [6.45, 7) is 3.00. The molecule has 2 heterocycles. The maximum absolute atomic E-state index is 12.8. The monoisotopic (exact) mass is 284 g/mol. The molecule has 3 rings (SSSR count). The van der Waals surface area contributed by atoms with Crippen molar-refractivity contribution in [3.05, 3.63) is 52.8 Å².